The number of rotatable bonds is 6. The van der Waals surface area contributed by atoms with Crippen LogP contribution in [0.3, 0.4) is 0 Å². The highest BCUT2D eigenvalue weighted by Crippen LogP contribution is 2.24. The molecule has 0 radical (unpaired) electrons. The average Bonchev–Trinajstić information content (AvgIpc) is 2.95. The van der Waals surface area contributed by atoms with Crippen molar-refractivity contribution in [3.05, 3.63) is 59.2 Å². The summed E-state index contributed by atoms with van der Waals surface area (Å²) in [5.74, 6) is -1.88. The van der Waals surface area contributed by atoms with E-state index in [0.717, 1.165) is 4.90 Å². The Labute approximate surface area is 169 Å². The molecular weight excluding hydrogens is 396 g/mol. The van der Waals surface area contributed by atoms with E-state index in [1.54, 1.807) is 25.1 Å². The summed E-state index contributed by atoms with van der Waals surface area (Å²) in [6.45, 7) is 1.17. The molecule has 1 N–H and O–H groups in total. The zero-order valence-corrected chi connectivity index (χ0v) is 16.6. The van der Waals surface area contributed by atoms with Crippen LogP contribution in [0.25, 0.3) is 0 Å². The van der Waals surface area contributed by atoms with Gasteiger partial charge in [-0.2, -0.15) is 0 Å². The molecule has 0 saturated carbocycles. The Balaban J connectivity index is 1.65. The molecule has 0 aromatic heterocycles. The number of hydrogen-bond donors (Lipinski definition) is 1. The second kappa shape index (κ2) is 8.36. The second-order valence-corrected chi connectivity index (χ2v) is 7.89. The van der Waals surface area contributed by atoms with Crippen molar-refractivity contribution in [2.24, 2.45) is 0 Å². The number of amides is 3. The van der Waals surface area contributed by atoms with Crippen LogP contribution in [-0.4, -0.2) is 52.2 Å². The summed E-state index contributed by atoms with van der Waals surface area (Å²) < 4.78 is 17.1. The molecule has 0 bridgehead atoms. The molecule has 0 aliphatic carbocycles. The summed E-state index contributed by atoms with van der Waals surface area (Å²) in [5, 5.41) is 2.52. The van der Waals surface area contributed by atoms with Crippen molar-refractivity contribution in [3.63, 3.8) is 0 Å². The Morgan fingerprint density at radius 2 is 1.76 bits per heavy atom. The molecule has 2 aromatic rings. The fourth-order valence-corrected chi connectivity index (χ4v) is 3.77. The first-order chi connectivity index (χ1) is 13.8. The monoisotopic (exact) mass is 414 g/mol. The molecule has 1 unspecified atom stereocenters. The van der Waals surface area contributed by atoms with Gasteiger partial charge in [0.15, 0.2) is 6.61 Å². The maximum absolute atomic E-state index is 12.3. The van der Waals surface area contributed by atoms with E-state index in [1.807, 2.05) is 0 Å². The van der Waals surface area contributed by atoms with Crippen LogP contribution in [0.4, 0.5) is 5.69 Å². The number of carbonyl (C=O) groups excluding carboxylic acids is 4. The molecule has 3 amide bonds. The van der Waals surface area contributed by atoms with E-state index in [-0.39, 0.29) is 16.7 Å². The summed E-state index contributed by atoms with van der Waals surface area (Å²) in [6, 6.07) is 10.7. The summed E-state index contributed by atoms with van der Waals surface area (Å²) in [6.07, 6.45) is 0. The Hall–Kier alpha value is -3.33. The number of esters is 1. The molecule has 8 nitrogen and oxygen atoms in total. The fraction of sp³-hybridized carbons (Fsp3) is 0.200. The standard InChI is InChI=1S/C20H18N2O6S/c1-3-29(27)16-7-5-4-6-14(16)20(26)28-11-17(23)21-12-8-9-13-15(10-12)19(25)22(2)18(13)24/h4-10H,3,11H2,1-2H3,(H,21,23). The van der Waals surface area contributed by atoms with Gasteiger partial charge in [-0.15, -0.1) is 0 Å². The molecule has 1 atom stereocenters. The lowest BCUT2D eigenvalue weighted by molar-refractivity contribution is -0.119. The van der Waals surface area contributed by atoms with E-state index in [2.05, 4.69) is 5.32 Å². The minimum atomic E-state index is -1.34. The van der Waals surface area contributed by atoms with Crippen LogP contribution in [0.1, 0.15) is 38.0 Å². The van der Waals surface area contributed by atoms with Gasteiger partial charge in [0, 0.05) is 18.5 Å². The molecule has 0 fully saturated rings. The maximum atomic E-state index is 12.3. The van der Waals surface area contributed by atoms with Gasteiger partial charge in [0.05, 0.1) is 32.4 Å². The number of hydrogen-bond acceptors (Lipinski definition) is 6. The van der Waals surface area contributed by atoms with Gasteiger partial charge < -0.3 is 10.1 Å². The van der Waals surface area contributed by atoms with Gasteiger partial charge >= 0.3 is 5.97 Å². The Morgan fingerprint density at radius 1 is 1.07 bits per heavy atom. The highest BCUT2D eigenvalue weighted by molar-refractivity contribution is 7.85. The highest BCUT2D eigenvalue weighted by atomic mass is 32.2. The normalized spacial score (nSPS) is 13.8. The van der Waals surface area contributed by atoms with E-state index in [4.69, 9.17) is 4.74 Å². The number of carbonyl (C=O) groups is 4. The van der Waals surface area contributed by atoms with Crippen LogP contribution in [0.2, 0.25) is 0 Å². The lowest BCUT2D eigenvalue weighted by Gasteiger charge is -2.09. The van der Waals surface area contributed by atoms with E-state index < -0.39 is 41.1 Å². The van der Waals surface area contributed by atoms with Crippen molar-refractivity contribution >= 4 is 40.2 Å². The molecule has 2 aromatic carbocycles. The third-order valence-corrected chi connectivity index (χ3v) is 5.69. The van der Waals surface area contributed by atoms with Crippen LogP contribution < -0.4 is 5.32 Å². The van der Waals surface area contributed by atoms with Crippen LogP contribution in [0, 0.1) is 0 Å². The SMILES string of the molecule is CCS(=O)c1ccccc1C(=O)OCC(=O)Nc1ccc2c(c1)C(=O)N(C)C2=O. The van der Waals surface area contributed by atoms with Gasteiger partial charge in [-0.25, -0.2) is 4.79 Å². The first kappa shape index (κ1) is 20.4. The summed E-state index contributed by atoms with van der Waals surface area (Å²) in [7, 11) is 0.0382. The summed E-state index contributed by atoms with van der Waals surface area (Å²) in [4.78, 5) is 49.7. The van der Waals surface area contributed by atoms with Crippen LogP contribution >= 0.6 is 0 Å². The molecule has 3 rings (SSSR count). The van der Waals surface area contributed by atoms with Crippen LogP contribution in [0.5, 0.6) is 0 Å². The third-order valence-electron chi connectivity index (χ3n) is 4.32. The Kier molecular flexibility index (Phi) is 5.88. The molecule has 9 heteroatoms. The molecule has 0 spiro atoms. The van der Waals surface area contributed by atoms with Crippen molar-refractivity contribution in [3.8, 4) is 0 Å². The molecule has 29 heavy (non-hydrogen) atoms. The van der Waals surface area contributed by atoms with Crippen molar-refractivity contribution in [1.82, 2.24) is 4.90 Å². The van der Waals surface area contributed by atoms with Gasteiger partial charge in [-0.05, 0) is 30.3 Å². The van der Waals surface area contributed by atoms with Crippen LogP contribution in [-0.2, 0) is 20.3 Å². The van der Waals surface area contributed by atoms with Gasteiger partial charge in [-0.1, -0.05) is 19.1 Å². The highest BCUT2D eigenvalue weighted by Gasteiger charge is 2.32. The predicted molar refractivity (Wildman–Crippen MR) is 105 cm³/mol. The quantitative estimate of drug-likeness (QED) is 0.571. The minimum absolute atomic E-state index is 0.144. The lowest BCUT2D eigenvalue weighted by atomic mass is 10.1. The molecule has 1 aliphatic heterocycles. The fourth-order valence-electron chi connectivity index (χ4n) is 2.83. The number of nitrogens with zero attached hydrogens (tertiary/aromatic N) is 1. The third kappa shape index (κ3) is 4.09. The Bertz CT molecular complexity index is 1050. The van der Waals surface area contributed by atoms with Crippen molar-refractivity contribution in [2.45, 2.75) is 11.8 Å². The summed E-state index contributed by atoms with van der Waals surface area (Å²) >= 11 is 0. The average molecular weight is 414 g/mol. The van der Waals surface area contributed by atoms with Gasteiger partial charge in [0.25, 0.3) is 17.7 Å². The largest absolute Gasteiger partial charge is 0.452 e. The number of benzene rings is 2. The van der Waals surface area contributed by atoms with E-state index >= 15 is 0 Å². The van der Waals surface area contributed by atoms with Gasteiger partial charge in [0.1, 0.15) is 0 Å². The predicted octanol–water partition coefficient (Wildman–Crippen LogP) is 1.84. The zero-order valence-electron chi connectivity index (χ0n) is 15.8. The molecule has 1 aliphatic rings. The van der Waals surface area contributed by atoms with Crippen LogP contribution in [0.15, 0.2) is 47.4 Å². The summed E-state index contributed by atoms with van der Waals surface area (Å²) in [5.41, 5.74) is 0.907. The number of anilines is 1. The number of fused-ring (bicyclic) bond motifs is 1. The first-order valence-electron chi connectivity index (χ1n) is 8.74. The van der Waals surface area contributed by atoms with Gasteiger partial charge in [-0.3, -0.25) is 23.5 Å². The Morgan fingerprint density at radius 3 is 2.48 bits per heavy atom. The lowest BCUT2D eigenvalue weighted by Crippen LogP contribution is -2.24. The van der Waals surface area contributed by atoms with Crippen molar-refractivity contribution in [1.29, 1.82) is 0 Å². The zero-order chi connectivity index (χ0) is 21.1. The number of imide groups is 1. The minimum Gasteiger partial charge on any atom is -0.452 e. The van der Waals surface area contributed by atoms with Gasteiger partial charge in [0.2, 0.25) is 0 Å². The van der Waals surface area contributed by atoms with E-state index in [0.29, 0.717) is 16.3 Å². The van der Waals surface area contributed by atoms with E-state index in [9.17, 15) is 23.4 Å². The molecule has 150 valence electrons. The number of nitrogens with one attached hydrogen (secondary N) is 1. The van der Waals surface area contributed by atoms with E-state index in [1.165, 1.54) is 31.3 Å². The van der Waals surface area contributed by atoms with Crippen molar-refractivity contribution < 1.29 is 28.1 Å². The first-order valence-corrected chi connectivity index (χ1v) is 10.1. The second-order valence-electron chi connectivity index (χ2n) is 6.18. The van der Waals surface area contributed by atoms with Crippen molar-refractivity contribution in [2.75, 3.05) is 24.7 Å². The molecule has 1 heterocycles. The molecule has 0 saturated heterocycles. The molecular formula is C20H18N2O6S. The smallest absolute Gasteiger partial charge is 0.339 e. The maximum Gasteiger partial charge on any atom is 0.339 e. The topological polar surface area (TPSA) is 110 Å². The number of ether oxygens (including phenoxy) is 1.